The van der Waals surface area contributed by atoms with E-state index in [0.717, 1.165) is 30.2 Å². The van der Waals surface area contributed by atoms with Crippen molar-refractivity contribution >= 4 is 5.82 Å². The van der Waals surface area contributed by atoms with Gasteiger partial charge < -0.3 is 5.32 Å². The Morgan fingerprint density at radius 2 is 1.86 bits per heavy atom. The Balaban J connectivity index is 1.50. The van der Waals surface area contributed by atoms with Crippen LogP contribution in [0.25, 0.3) is 11.5 Å². The first-order chi connectivity index (χ1) is 13.8. The van der Waals surface area contributed by atoms with Gasteiger partial charge >= 0.3 is 0 Å². The molecule has 0 saturated carbocycles. The lowest BCUT2D eigenvalue weighted by atomic mass is 10.1. The average Bonchev–Trinajstić information content (AvgIpc) is 3.26. The molecule has 0 unspecified atom stereocenters. The summed E-state index contributed by atoms with van der Waals surface area (Å²) in [4.78, 5) is 13.6. The van der Waals surface area contributed by atoms with E-state index in [1.165, 1.54) is 11.1 Å². The van der Waals surface area contributed by atoms with Gasteiger partial charge in [-0.1, -0.05) is 37.3 Å². The van der Waals surface area contributed by atoms with E-state index >= 15 is 0 Å². The zero-order valence-corrected chi connectivity index (χ0v) is 15.8. The zero-order chi connectivity index (χ0) is 19.2. The highest BCUT2D eigenvalue weighted by Crippen LogP contribution is 2.17. The molecule has 0 aliphatic rings. The van der Waals surface area contributed by atoms with Crippen molar-refractivity contribution in [3.63, 3.8) is 0 Å². The van der Waals surface area contributed by atoms with E-state index in [-0.39, 0.29) is 0 Å². The van der Waals surface area contributed by atoms with Gasteiger partial charge in [0.1, 0.15) is 11.5 Å². The third-order valence-electron chi connectivity index (χ3n) is 4.40. The fourth-order valence-corrected chi connectivity index (χ4v) is 2.99. The molecule has 0 spiro atoms. The second-order valence-corrected chi connectivity index (χ2v) is 6.51. The molecule has 0 aliphatic heterocycles. The van der Waals surface area contributed by atoms with Gasteiger partial charge in [-0.3, -0.25) is 9.67 Å². The largest absolute Gasteiger partial charge is 0.366 e. The highest BCUT2D eigenvalue weighted by molar-refractivity contribution is 5.53. The molecule has 0 fully saturated rings. The van der Waals surface area contributed by atoms with Gasteiger partial charge in [0.15, 0.2) is 5.82 Å². The minimum atomic E-state index is 0.648. The SMILES string of the molecule is CCc1cc(NCc2cccc(Cn3cccn3)c2)nc(-c2ccccn2)n1. The molecule has 0 bridgehead atoms. The Hall–Kier alpha value is -3.54. The molecule has 4 aromatic rings. The molecular formula is C22H22N6. The average molecular weight is 370 g/mol. The van der Waals surface area contributed by atoms with Gasteiger partial charge in [-0.25, -0.2) is 9.97 Å². The maximum Gasteiger partial charge on any atom is 0.180 e. The van der Waals surface area contributed by atoms with Gasteiger partial charge in [-0.05, 0) is 35.7 Å². The van der Waals surface area contributed by atoms with Crippen molar-refractivity contribution in [2.75, 3.05) is 5.32 Å². The first-order valence-electron chi connectivity index (χ1n) is 9.38. The summed E-state index contributed by atoms with van der Waals surface area (Å²) in [6, 6.07) is 18.2. The first kappa shape index (κ1) is 17.9. The second-order valence-electron chi connectivity index (χ2n) is 6.51. The lowest BCUT2D eigenvalue weighted by Crippen LogP contribution is -2.06. The van der Waals surface area contributed by atoms with Crippen molar-refractivity contribution in [2.45, 2.75) is 26.4 Å². The number of rotatable bonds is 7. The fraction of sp³-hybridized carbons (Fsp3) is 0.182. The number of anilines is 1. The smallest absolute Gasteiger partial charge is 0.180 e. The van der Waals surface area contributed by atoms with Gasteiger partial charge in [0, 0.05) is 36.9 Å². The third kappa shape index (κ3) is 4.40. The standard InChI is InChI=1S/C22H22N6/c1-2-19-14-21(27-22(26-19)20-9-3-4-10-23-20)24-15-17-7-5-8-18(13-17)16-28-12-6-11-25-28/h3-14H,2,15-16H2,1H3,(H,24,26,27). The first-order valence-corrected chi connectivity index (χ1v) is 9.38. The molecule has 1 N–H and O–H groups in total. The molecule has 1 aromatic carbocycles. The van der Waals surface area contributed by atoms with Crippen molar-refractivity contribution < 1.29 is 0 Å². The minimum absolute atomic E-state index is 0.648. The van der Waals surface area contributed by atoms with Gasteiger partial charge in [0.25, 0.3) is 0 Å². The highest BCUT2D eigenvalue weighted by Gasteiger charge is 2.07. The van der Waals surface area contributed by atoms with Crippen LogP contribution in [0, 0.1) is 0 Å². The topological polar surface area (TPSA) is 68.5 Å². The summed E-state index contributed by atoms with van der Waals surface area (Å²) in [5.41, 5.74) is 4.18. The van der Waals surface area contributed by atoms with E-state index in [1.807, 2.05) is 41.2 Å². The molecule has 4 rings (SSSR count). The number of aromatic nitrogens is 5. The normalized spacial score (nSPS) is 10.8. The van der Waals surface area contributed by atoms with Crippen molar-refractivity contribution in [3.05, 3.63) is 90.0 Å². The summed E-state index contributed by atoms with van der Waals surface area (Å²) in [5.74, 6) is 1.46. The van der Waals surface area contributed by atoms with Crippen LogP contribution in [0.5, 0.6) is 0 Å². The van der Waals surface area contributed by atoms with Gasteiger partial charge in [0.05, 0.1) is 6.54 Å². The molecule has 0 saturated heterocycles. The predicted octanol–water partition coefficient (Wildman–Crippen LogP) is 3.96. The Morgan fingerprint density at radius 1 is 0.929 bits per heavy atom. The summed E-state index contributed by atoms with van der Waals surface area (Å²) in [5, 5.41) is 7.70. The van der Waals surface area contributed by atoms with E-state index in [0.29, 0.717) is 12.4 Å². The highest BCUT2D eigenvalue weighted by atomic mass is 15.3. The Labute approximate surface area is 164 Å². The Kier molecular flexibility index (Phi) is 5.38. The third-order valence-corrected chi connectivity index (χ3v) is 4.40. The van der Waals surface area contributed by atoms with E-state index in [4.69, 9.17) is 0 Å². The van der Waals surface area contributed by atoms with Crippen LogP contribution in [0.15, 0.2) is 73.2 Å². The number of aryl methyl sites for hydroxylation is 1. The van der Waals surface area contributed by atoms with Crippen molar-refractivity contribution in [3.8, 4) is 11.5 Å². The molecule has 6 nitrogen and oxygen atoms in total. The van der Waals surface area contributed by atoms with Crippen LogP contribution < -0.4 is 5.32 Å². The van der Waals surface area contributed by atoms with E-state index in [1.54, 1.807) is 12.4 Å². The summed E-state index contributed by atoms with van der Waals surface area (Å²) in [6.07, 6.45) is 6.37. The lowest BCUT2D eigenvalue weighted by molar-refractivity contribution is 0.686. The van der Waals surface area contributed by atoms with E-state index < -0.39 is 0 Å². The Bertz CT molecular complexity index is 1030. The van der Waals surface area contributed by atoms with Gasteiger partial charge in [-0.2, -0.15) is 5.10 Å². The number of benzene rings is 1. The van der Waals surface area contributed by atoms with Gasteiger partial charge in [-0.15, -0.1) is 0 Å². The molecule has 0 atom stereocenters. The molecular weight excluding hydrogens is 348 g/mol. The van der Waals surface area contributed by atoms with Crippen LogP contribution in [0.4, 0.5) is 5.82 Å². The summed E-state index contributed by atoms with van der Waals surface area (Å²) in [7, 11) is 0. The summed E-state index contributed by atoms with van der Waals surface area (Å²) < 4.78 is 1.92. The van der Waals surface area contributed by atoms with Crippen LogP contribution in [0.3, 0.4) is 0 Å². The molecule has 140 valence electrons. The van der Waals surface area contributed by atoms with Crippen molar-refractivity contribution in [1.29, 1.82) is 0 Å². The molecule has 6 heteroatoms. The number of hydrogen-bond acceptors (Lipinski definition) is 5. The van der Waals surface area contributed by atoms with Crippen LogP contribution >= 0.6 is 0 Å². The molecule has 0 aliphatic carbocycles. The molecule has 0 radical (unpaired) electrons. The number of hydrogen-bond donors (Lipinski definition) is 1. The van der Waals surface area contributed by atoms with Crippen LogP contribution in [-0.2, 0) is 19.5 Å². The number of pyridine rings is 1. The van der Waals surface area contributed by atoms with E-state index in [9.17, 15) is 0 Å². The van der Waals surface area contributed by atoms with Crippen LogP contribution in [-0.4, -0.2) is 24.7 Å². The predicted molar refractivity (Wildman–Crippen MR) is 110 cm³/mol. The molecule has 0 amide bonds. The maximum atomic E-state index is 4.65. The fourth-order valence-electron chi connectivity index (χ4n) is 2.99. The number of nitrogens with one attached hydrogen (secondary N) is 1. The lowest BCUT2D eigenvalue weighted by Gasteiger charge is -2.10. The second kappa shape index (κ2) is 8.43. The summed E-state index contributed by atoms with van der Waals surface area (Å²) in [6.45, 7) is 3.54. The molecule has 3 aromatic heterocycles. The van der Waals surface area contributed by atoms with Crippen molar-refractivity contribution in [1.82, 2.24) is 24.7 Å². The maximum absolute atomic E-state index is 4.65. The molecule has 28 heavy (non-hydrogen) atoms. The zero-order valence-electron chi connectivity index (χ0n) is 15.8. The monoisotopic (exact) mass is 370 g/mol. The van der Waals surface area contributed by atoms with Crippen molar-refractivity contribution in [2.24, 2.45) is 0 Å². The molecule has 3 heterocycles. The van der Waals surface area contributed by atoms with Gasteiger partial charge in [0.2, 0.25) is 0 Å². The Morgan fingerprint density at radius 3 is 2.64 bits per heavy atom. The minimum Gasteiger partial charge on any atom is -0.366 e. The number of nitrogens with zero attached hydrogens (tertiary/aromatic N) is 5. The quantitative estimate of drug-likeness (QED) is 0.533. The van der Waals surface area contributed by atoms with E-state index in [2.05, 4.69) is 56.6 Å². The van der Waals surface area contributed by atoms with Crippen LogP contribution in [0.2, 0.25) is 0 Å². The summed E-state index contributed by atoms with van der Waals surface area (Å²) >= 11 is 0. The van der Waals surface area contributed by atoms with Crippen LogP contribution in [0.1, 0.15) is 23.7 Å².